The second kappa shape index (κ2) is 3.69. The van der Waals surface area contributed by atoms with Crippen molar-refractivity contribution in [3.05, 3.63) is 0 Å². The number of hydrogen-bond donors (Lipinski definition) is 3. The summed E-state index contributed by atoms with van der Waals surface area (Å²) in [5, 5.41) is 26.5. The summed E-state index contributed by atoms with van der Waals surface area (Å²) in [6, 6.07) is 0. The van der Waals surface area contributed by atoms with Gasteiger partial charge in [-0.05, 0) is 5.92 Å². The van der Waals surface area contributed by atoms with E-state index in [1.165, 1.54) is 0 Å². The van der Waals surface area contributed by atoms with Crippen molar-refractivity contribution in [3.8, 4) is 0 Å². The van der Waals surface area contributed by atoms with Gasteiger partial charge >= 0.3 is 5.97 Å². The average Bonchev–Trinajstić information content (AvgIpc) is 1.87. The van der Waals surface area contributed by atoms with Crippen LogP contribution < -0.4 is 0 Å². The van der Waals surface area contributed by atoms with Crippen LogP contribution in [0.2, 0.25) is 0 Å². The van der Waals surface area contributed by atoms with Gasteiger partial charge in [-0.15, -0.1) is 0 Å². The molecule has 4 nitrogen and oxygen atoms in total. The first-order valence-electron chi connectivity index (χ1n) is 3.51. The summed E-state index contributed by atoms with van der Waals surface area (Å²) in [6.45, 7) is 2.88. The number of carbonyl (C=O) groups is 1. The lowest BCUT2D eigenvalue weighted by Crippen LogP contribution is -2.44. The molecule has 0 saturated heterocycles. The minimum atomic E-state index is -1.78. The maximum absolute atomic E-state index is 10.5. The maximum Gasteiger partial charge on any atom is 0.336 e. The Morgan fingerprint density at radius 1 is 1.55 bits per heavy atom. The zero-order valence-corrected chi connectivity index (χ0v) is 6.74. The summed E-state index contributed by atoms with van der Waals surface area (Å²) in [6.07, 6.45) is -0.125. The van der Waals surface area contributed by atoms with Crippen LogP contribution in [0, 0.1) is 5.92 Å². The van der Waals surface area contributed by atoms with Gasteiger partial charge in [-0.1, -0.05) is 13.8 Å². The molecule has 0 aromatic carbocycles. The Hall–Kier alpha value is -0.610. The van der Waals surface area contributed by atoms with Crippen molar-refractivity contribution >= 4 is 5.97 Å². The van der Waals surface area contributed by atoms with Gasteiger partial charge in [0.05, 0.1) is 0 Å². The van der Waals surface area contributed by atoms with E-state index in [2.05, 4.69) is 0 Å². The van der Waals surface area contributed by atoms with Crippen LogP contribution in [-0.4, -0.2) is 33.5 Å². The highest BCUT2D eigenvalue weighted by molar-refractivity contribution is 5.77. The fourth-order valence-corrected chi connectivity index (χ4v) is 0.813. The van der Waals surface area contributed by atoms with Crippen molar-refractivity contribution in [3.63, 3.8) is 0 Å². The Kier molecular flexibility index (Phi) is 3.48. The molecule has 11 heavy (non-hydrogen) atoms. The number of hydrogen-bond acceptors (Lipinski definition) is 3. The Labute approximate surface area is 65.5 Å². The SMILES string of the molecule is CC(C)C(O)(CCO)C(=O)O. The maximum atomic E-state index is 10.5. The van der Waals surface area contributed by atoms with Crippen LogP contribution in [0.25, 0.3) is 0 Å². The summed E-state index contributed by atoms with van der Waals surface area (Å²) in [7, 11) is 0. The minimum absolute atomic E-state index is 0.125. The molecule has 0 aliphatic rings. The van der Waals surface area contributed by atoms with E-state index < -0.39 is 17.5 Å². The minimum Gasteiger partial charge on any atom is -0.479 e. The van der Waals surface area contributed by atoms with Gasteiger partial charge in [-0.25, -0.2) is 4.79 Å². The van der Waals surface area contributed by atoms with E-state index in [1.54, 1.807) is 13.8 Å². The molecule has 0 bridgehead atoms. The number of aliphatic carboxylic acids is 1. The molecule has 1 unspecified atom stereocenters. The van der Waals surface area contributed by atoms with Crippen molar-refractivity contribution in [1.29, 1.82) is 0 Å². The zero-order chi connectivity index (χ0) is 9.07. The average molecular weight is 162 g/mol. The van der Waals surface area contributed by atoms with Crippen LogP contribution in [0.1, 0.15) is 20.3 Å². The first kappa shape index (κ1) is 10.4. The number of carboxylic acid groups (broad SMARTS) is 1. The third-order valence-electron chi connectivity index (χ3n) is 1.82. The molecule has 4 heteroatoms. The van der Waals surface area contributed by atoms with Gasteiger partial charge in [0.15, 0.2) is 5.60 Å². The Morgan fingerprint density at radius 3 is 2.09 bits per heavy atom. The summed E-state index contributed by atoms with van der Waals surface area (Å²) in [5.74, 6) is -1.67. The number of aliphatic hydroxyl groups excluding tert-OH is 1. The van der Waals surface area contributed by atoms with Crippen LogP contribution in [0.15, 0.2) is 0 Å². The zero-order valence-electron chi connectivity index (χ0n) is 6.74. The standard InChI is InChI=1S/C7H14O4/c1-5(2)7(11,3-4-8)6(9)10/h5,8,11H,3-4H2,1-2H3,(H,9,10). The quantitative estimate of drug-likeness (QED) is 0.536. The first-order valence-corrected chi connectivity index (χ1v) is 3.51. The van der Waals surface area contributed by atoms with Gasteiger partial charge in [0, 0.05) is 13.0 Å². The van der Waals surface area contributed by atoms with Crippen molar-refractivity contribution < 1.29 is 20.1 Å². The van der Waals surface area contributed by atoms with Crippen molar-refractivity contribution in [1.82, 2.24) is 0 Å². The van der Waals surface area contributed by atoms with Gasteiger partial charge < -0.3 is 15.3 Å². The van der Waals surface area contributed by atoms with E-state index in [-0.39, 0.29) is 13.0 Å². The van der Waals surface area contributed by atoms with Crippen LogP contribution in [0.4, 0.5) is 0 Å². The fourth-order valence-electron chi connectivity index (χ4n) is 0.813. The van der Waals surface area contributed by atoms with Crippen molar-refractivity contribution in [2.45, 2.75) is 25.9 Å². The second-order valence-electron chi connectivity index (χ2n) is 2.86. The predicted molar refractivity (Wildman–Crippen MR) is 39.1 cm³/mol. The molecule has 0 radical (unpaired) electrons. The molecule has 0 rings (SSSR count). The smallest absolute Gasteiger partial charge is 0.336 e. The van der Waals surface area contributed by atoms with Gasteiger partial charge in [-0.3, -0.25) is 0 Å². The van der Waals surface area contributed by atoms with Crippen LogP contribution >= 0.6 is 0 Å². The first-order chi connectivity index (χ1) is 4.95. The predicted octanol–water partition coefficient (Wildman–Crippen LogP) is -0.160. The molecule has 0 aliphatic heterocycles. The summed E-state index contributed by atoms with van der Waals surface area (Å²) in [5.41, 5.74) is -1.78. The monoisotopic (exact) mass is 162 g/mol. The van der Waals surface area contributed by atoms with Gasteiger partial charge in [0.25, 0.3) is 0 Å². The Balaban J connectivity index is 4.38. The van der Waals surface area contributed by atoms with Crippen LogP contribution in [0.5, 0.6) is 0 Å². The lowest BCUT2D eigenvalue weighted by molar-refractivity contribution is -0.165. The Morgan fingerprint density at radius 2 is 2.00 bits per heavy atom. The van der Waals surface area contributed by atoms with E-state index in [4.69, 9.17) is 10.2 Å². The summed E-state index contributed by atoms with van der Waals surface area (Å²) in [4.78, 5) is 10.5. The van der Waals surface area contributed by atoms with Crippen LogP contribution in [-0.2, 0) is 4.79 Å². The molecular weight excluding hydrogens is 148 g/mol. The molecule has 0 aromatic heterocycles. The van der Waals surface area contributed by atoms with E-state index >= 15 is 0 Å². The highest BCUT2D eigenvalue weighted by Crippen LogP contribution is 2.20. The molecule has 0 amide bonds. The van der Waals surface area contributed by atoms with Crippen LogP contribution in [0.3, 0.4) is 0 Å². The van der Waals surface area contributed by atoms with E-state index in [9.17, 15) is 9.90 Å². The number of aliphatic hydroxyl groups is 2. The molecule has 0 aliphatic carbocycles. The lowest BCUT2D eigenvalue weighted by atomic mass is 9.87. The molecule has 1 atom stereocenters. The Bertz CT molecular complexity index is 143. The van der Waals surface area contributed by atoms with Crippen molar-refractivity contribution in [2.75, 3.05) is 6.61 Å². The molecular formula is C7H14O4. The van der Waals surface area contributed by atoms with Gasteiger partial charge in [-0.2, -0.15) is 0 Å². The number of rotatable bonds is 4. The van der Waals surface area contributed by atoms with Gasteiger partial charge in [0.2, 0.25) is 0 Å². The highest BCUT2D eigenvalue weighted by Gasteiger charge is 2.38. The summed E-state index contributed by atoms with van der Waals surface area (Å²) < 4.78 is 0. The van der Waals surface area contributed by atoms with E-state index in [0.29, 0.717) is 0 Å². The number of carboxylic acids is 1. The fraction of sp³-hybridized carbons (Fsp3) is 0.857. The normalized spacial score (nSPS) is 16.5. The molecule has 0 saturated carbocycles. The van der Waals surface area contributed by atoms with E-state index in [1.807, 2.05) is 0 Å². The van der Waals surface area contributed by atoms with Gasteiger partial charge in [0.1, 0.15) is 0 Å². The van der Waals surface area contributed by atoms with E-state index in [0.717, 1.165) is 0 Å². The third kappa shape index (κ3) is 2.17. The van der Waals surface area contributed by atoms with Crippen molar-refractivity contribution in [2.24, 2.45) is 5.92 Å². The highest BCUT2D eigenvalue weighted by atomic mass is 16.4. The third-order valence-corrected chi connectivity index (χ3v) is 1.82. The second-order valence-corrected chi connectivity index (χ2v) is 2.86. The molecule has 0 spiro atoms. The molecule has 3 N–H and O–H groups in total. The topological polar surface area (TPSA) is 77.8 Å². The molecule has 0 aromatic rings. The largest absolute Gasteiger partial charge is 0.479 e. The summed E-state index contributed by atoms with van der Waals surface area (Å²) >= 11 is 0. The lowest BCUT2D eigenvalue weighted by Gasteiger charge is -2.26. The molecule has 66 valence electrons. The molecule has 0 heterocycles. The molecule has 0 fully saturated rings.